The van der Waals surface area contributed by atoms with Gasteiger partial charge in [0.15, 0.2) is 11.6 Å². The van der Waals surface area contributed by atoms with Crippen LogP contribution in [0.4, 0.5) is 11.6 Å². The zero-order valence-electron chi connectivity index (χ0n) is 14.9. The lowest BCUT2D eigenvalue weighted by Gasteiger charge is -2.17. The van der Waals surface area contributed by atoms with E-state index in [-0.39, 0.29) is 30.3 Å². The highest BCUT2D eigenvalue weighted by Crippen LogP contribution is 2.32. The van der Waals surface area contributed by atoms with E-state index >= 15 is 0 Å². The lowest BCUT2D eigenvalue weighted by molar-refractivity contribution is -0.119. The second-order valence-electron chi connectivity index (χ2n) is 6.41. The third-order valence-corrected chi connectivity index (χ3v) is 4.02. The first kappa shape index (κ1) is 19.1. The topological polar surface area (TPSA) is 93.2 Å². The molecule has 0 bridgehead atoms. The van der Waals surface area contributed by atoms with Crippen molar-refractivity contribution in [1.29, 1.82) is 0 Å². The van der Waals surface area contributed by atoms with Gasteiger partial charge in [-0.1, -0.05) is 0 Å². The number of carbonyl (C=O) groups excluding carboxylic acids is 1. The lowest BCUT2D eigenvalue weighted by Crippen LogP contribution is -2.27. The van der Waals surface area contributed by atoms with Gasteiger partial charge in [-0.05, 0) is 31.9 Å². The molecule has 2 aromatic heterocycles. The van der Waals surface area contributed by atoms with Crippen LogP contribution in [0.2, 0.25) is 0 Å². The monoisotopic (exact) mass is 365 g/mol. The van der Waals surface area contributed by atoms with E-state index in [9.17, 15) is 4.79 Å². The fraction of sp³-hybridized carbons (Fsp3) is 0.500. The Morgan fingerprint density at radius 2 is 2.00 bits per heavy atom. The number of nitrogens with zero attached hydrogens (tertiary/aromatic N) is 6. The summed E-state index contributed by atoms with van der Waals surface area (Å²) in [6.45, 7) is 1.86. The van der Waals surface area contributed by atoms with Crippen LogP contribution in [-0.2, 0) is 4.79 Å². The molecule has 0 aliphatic heterocycles. The number of hydrogen-bond acceptors (Lipinski definition) is 6. The van der Waals surface area contributed by atoms with Crippen LogP contribution in [0.3, 0.4) is 0 Å². The molecular formula is C16H24ClN7O. The molecule has 0 unspecified atom stereocenters. The molecule has 1 saturated carbocycles. The van der Waals surface area contributed by atoms with Crippen molar-refractivity contribution in [2.45, 2.75) is 25.8 Å². The second kappa shape index (κ2) is 7.37. The Hall–Kier alpha value is -2.19. The van der Waals surface area contributed by atoms with Gasteiger partial charge in [-0.25, -0.2) is 4.98 Å². The van der Waals surface area contributed by atoms with Crippen LogP contribution in [0.5, 0.6) is 0 Å². The highest BCUT2D eigenvalue weighted by molar-refractivity contribution is 5.95. The zero-order valence-corrected chi connectivity index (χ0v) is 15.7. The number of rotatable bonds is 5. The predicted molar refractivity (Wildman–Crippen MR) is 99.5 cm³/mol. The van der Waals surface area contributed by atoms with Crippen LogP contribution in [0, 0.1) is 5.92 Å². The van der Waals surface area contributed by atoms with Crippen molar-refractivity contribution in [3.8, 4) is 5.82 Å². The third kappa shape index (κ3) is 3.91. The Morgan fingerprint density at radius 1 is 1.32 bits per heavy atom. The van der Waals surface area contributed by atoms with Crippen molar-refractivity contribution >= 4 is 29.9 Å². The number of halogens is 1. The van der Waals surface area contributed by atoms with E-state index < -0.39 is 0 Å². The molecular weight excluding hydrogens is 342 g/mol. The maximum absolute atomic E-state index is 12.1. The van der Waals surface area contributed by atoms with Crippen LogP contribution < -0.4 is 15.5 Å². The minimum atomic E-state index is -0.271. The van der Waals surface area contributed by atoms with E-state index in [1.54, 1.807) is 22.8 Å². The standard InChI is InChI=1S/C16H23N7O.ClH/c1-10(17)14-19-16(21(2)3)20-23(14)13-8-7-12(9-18-13)22(4)15(24)11-5-6-11;/h7-11H,5-6,17H2,1-4H3;1H/t10-;/m0./s1. The van der Waals surface area contributed by atoms with Crippen LogP contribution >= 0.6 is 12.4 Å². The number of hydrogen-bond donors (Lipinski definition) is 1. The van der Waals surface area contributed by atoms with Gasteiger partial charge in [0.2, 0.25) is 11.9 Å². The van der Waals surface area contributed by atoms with Crippen molar-refractivity contribution in [1.82, 2.24) is 19.7 Å². The van der Waals surface area contributed by atoms with Crippen LogP contribution in [0.1, 0.15) is 31.6 Å². The number of anilines is 2. The van der Waals surface area contributed by atoms with E-state index in [2.05, 4.69) is 15.1 Å². The highest BCUT2D eigenvalue weighted by atomic mass is 35.5. The summed E-state index contributed by atoms with van der Waals surface area (Å²) >= 11 is 0. The van der Waals surface area contributed by atoms with Gasteiger partial charge >= 0.3 is 0 Å². The lowest BCUT2D eigenvalue weighted by atomic mass is 10.3. The number of amides is 1. The van der Waals surface area contributed by atoms with Gasteiger partial charge in [0, 0.05) is 27.1 Å². The van der Waals surface area contributed by atoms with Crippen molar-refractivity contribution in [2.75, 3.05) is 30.9 Å². The molecule has 1 amide bonds. The van der Waals surface area contributed by atoms with Crippen molar-refractivity contribution < 1.29 is 4.79 Å². The van der Waals surface area contributed by atoms with Gasteiger partial charge in [-0.2, -0.15) is 9.67 Å². The van der Waals surface area contributed by atoms with E-state index in [0.29, 0.717) is 17.6 Å². The molecule has 2 heterocycles. The van der Waals surface area contributed by atoms with E-state index in [1.165, 1.54) is 0 Å². The quantitative estimate of drug-likeness (QED) is 0.863. The van der Waals surface area contributed by atoms with Crippen LogP contribution in [0.25, 0.3) is 5.82 Å². The summed E-state index contributed by atoms with van der Waals surface area (Å²) in [6, 6.07) is 3.42. The molecule has 1 fully saturated rings. The molecule has 25 heavy (non-hydrogen) atoms. The van der Waals surface area contributed by atoms with Gasteiger partial charge in [-0.15, -0.1) is 17.5 Å². The Kier molecular flexibility index (Phi) is 5.64. The second-order valence-corrected chi connectivity index (χ2v) is 6.41. The zero-order chi connectivity index (χ0) is 17.4. The minimum absolute atomic E-state index is 0. The molecule has 2 N–H and O–H groups in total. The number of carbonyl (C=O) groups is 1. The van der Waals surface area contributed by atoms with E-state index in [0.717, 1.165) is 18.5 Å². The van der Waals surface area contributed by atoms with E-state index in [1.807, 2.05) is 38.1 Å². The molecule has 0 radical (unpaired) electrons. The first-order chi connectivity index (χ1) is 11.4. The molecule has 0 spiro atoms. The van der Waals surface area contributed by atoms with Gasteiger partial charge in [0.25, 0.3) is 0 Å². The summed E-state index contributed by atoms with van der Waals surface area (Å²) < 4.78 is 1.65. The highest BCUT2D eigenvalue weighted by Gasteiger charge is 2.32. The average Bonchev–Trinajstić information content (AvgIpc) is 3.30. The molecule has 8 nitrogen and oxygen atoms in total. The fourth-order valence-corrected chi connectivity index (χ4v) is 2.40. The van der Waals surface area contributed by atoms with Crippen molar-refractivity contribution in [3.05, 3.63) is 24.2 Å². The molecule has 1 aliphatic rings. The first-order valence-electron chi connectivity index (χ1n) is 8.02. The third-order valence-electron chi connectivity index (χ3n) is 4.02. The Balaban J connectivity index is 0.00000225. The molecule has 3 rings (SSSR count). The molecule has 0 aromatic carbocycles. The molecule has 2 aromatic rings. The van der Waals surface area contributed by atoms with Crippen LogP contribution in [-0.4, -0.2) is 46.8 Å². The summed E-state index contributed by atoms with van der Waals surface area (Å²) in [7, 11) is 5.53. The molecule has 0 saturated heterocycles. The first-order valence-corrected chi connectivity index (χ1v) is 8.02. The van der Waals surface area contributed by atoms with Gasteiger partial charge in [0.05, 0.1) is 17.9 Å². The van der Waals surface area contributed by atoms with Gasteiger partial charge < -0.3 is 15.5 Å². The maximum Gasteiger partial charge on any atom is 0.245 e. The summed E-state index contributed by atoms with van der Waals surface area (Å²) in [5.41, 5.74) is 6.77. The Morgan fingerprint density at radius 3 is 2.48 bits per heavy atom. The molecule has 9 heteroatoms. The molecule has 136 valence electrons. The number of nitrogens with two attached hydrogens (primary N) is 1. The van der Waals surface area contributed by atoms with Crippen molar-refractivity contribution in [2.24, 2.45) is 11.7 Å². The van der Waals surface area contributed by atoms with E-state index in [4.69, 9.17) is 5.73 Å². The number of aromatic nitrogens is 4. The Labute approximate surface area is 153 Å². The molecule has 1 atom stereocenters. The van der Waals surface area contributed by atoms with Gasteiger partial charge in [0.1, 0.15) is 0 Å². The van der Waals surface area contributed by atoms with Crippen LogP contribution in [0.15, 0.2) is 18.3 Å². The SMILES string of the molecule is C[C@H](N)c1nc(N(C)C)nn1-c1ccc(N(C)C(=O)C2CC2)cn1.Cl. The Bertz CT molecular complexity index is 737. The average molecular weight is 366 g/mol. The summed E-state index contributed by atoms with van der Waals surface area (Å²) in [5, 5.41) is 4.46. The maximum atomic E-state index is 12.1. The van der Waals surface area contributed by atoms with Gasteiger partial charge in [-0.3, -0.25) is 4.79 Å². The largest absolute Gasteiger partial charge is 0.346 e. The summed E-state index contributed by atoms with van der Waals surface area (Å²) in [4.78, 5) is 24.5. The normalized spacial score (nSPS) is 14.6. The smallest absolute Gasteiger partial charge is 0.245 e. The predicted octanol–water partition coefficient (Wildman–Crippen LogP) is 1.54. The minimum Gasteiger partial charge on any atom is -0.346 e. The van der Waals surface area contributed by atoms with Crippen molar-refractivity contribution in [3.63, 3.8) is 0 Å². The summed E-state index contributed by atoms with van der Waals surface area (Å²) in [6.07, 6.45) is 3.65. The number of pyridine rings is 1. The fourth-order valence-electron chi connectivity index (χ4n) is 2.40. The molecule has 1 aliphatic carbocycles. The summed E-state index contributed by atoms with van der Waals surface area (Å²) in [5.74, 6) is 2.17.